The third-order valence-corrected chi connectivity index (χ3v) is 4.49. The van der Waals surface area contributed by atoms with Gasteiger partial charge in [-0.25, -0.2) is 8.42 Å². The zero-order valence-electron chi connectivity index (χ0n) is 8.15. The van der Waals surface area contributed by atoms with Gasteiger partial charge < -0.3 is 0 Å². The summed E-state index contributed by atoms with van der Waals surface area (Å²) in [5.74, 6) is 3.60. The molecule has 0 saturated heterocycles. The largest absolute Gasteiger partial charge is 0.249 e. The van der Waals surface area contributed by atoms with Crippen molar-refractivity contribution < 1.29 is 8.42 Å². The summed E-state index contributed by atoms with van der Waals surface area (Å²) in [6, 6.07) is 6.71. The molecule has 0 fully saturated rings. The first-order valence-electron chi connectivity index (χ1n) is 3.96. The molecule has 1 atom stereocenters. The van der Waals surface area contributed by atoms with Crippen LogP contribution in [0.5, 0.6) is 0 Å². The Morgan fingerprint density at radius 3 is 2.21 bits per heavy atom. The van der Waals surface area contributed by atoms with E-state index in [9.17, 15) is 8.42 Å². The maximum Gasteiger partial charge on any atom is 0.249 e. The normalized spacial score (nSPS) is 13.9. The second kappa shape index (κ2) is 4.25. The van der Waals surface area contributed by atoms with Crippen LogP contribution in [0.15, 0.2) is 29.2 Å². The van der Waals surface area contributed by atoms with Crippen LogP contribution in [0, 0.1) is 6.92 Å². The summed E-state index contributed by atoms with van der Waals surface area (Å²) in [6.45, 7) is 1.91. The van der Waals surface area contributed by atoms with Gasteiger partial charge in [0, 0.05) is 0 Å². The van der Waals surface area contributed by atoms with Crippen LogP contribution in [0.2, 0.25) is 0 Å². The minimum atomic E-state index is -3.38. The highest BCUT2D eigenvalue weighted by atomic mass is 32.3. The Balaban J connectivity index is 3.05. The molecule has 0 aliphatic heterocycles. The highest BCUT2D eigenvalue weighted by Crippen LogP contribution is 2.12. The van der Waals surface area contributed by atoms with E-state index in [1.165, 1.54) is 0 Å². The lowest BCUT2D eigenvalue weighted by atomic mass is 10.2. The van der Waals surface area contributed by atoms with Crippen molar-refractivity contribution in [3.63, 3.8) is 0 Å². The highest BCUT2D eigenvalue weighted by molar-refractivity contribution is 8.19. The van der Waals surface area contributed by atoms with Crippen molar-refractivity contribution in [2.24, 2.45) is 0 Å². The maximum atomic E-state index is 11.6. The molecule has 5 heteroatoms. The van der Waals surface area contributed by atoms with Crippen molar-refractivity contribution in [3.05, 3.63) is 29.8 Å². The third-order valence-electron chi connectivity index (χ3n) is 1.58. The molecule has 1 unspecified atom stereocenters. The quantitative estimate of drug-likeness (QED) is 0.802. The van der Waals surface area contributed by atoms with Crippen LogP contribution in [-0.2, 0) is 10.0 Å². The van der Waals surface area contributed by atoms with E-state index in [2.05, 4.69) is 10.00 Å². The minimum absolute atomic E-state index is 0.283. The topological polar surface area (TPSA) is 46.2 Å². The van der Waals surface area contributed by atoms with Gasteiger partial charge in [0.1, 0.15) is 0 Å². The average molecular weight is 231 g/mol. The fraction of sp³-hybridized carbons (Fsp3) is 0.222. The van der Waals surface area contributed by atoms with E-state index in [4.69, 9.17) is 0 Å². The number of hydrogen-bond donors (Lipinski definition) is 1. The zero-order valence-corrected chi connectivity index (χ0v) is 9.78. The van der Waals surface area contributed by atoms with E-state index in [1.807, 2.05) is 6.92 Å². The molecule has 0 bridgehead atoms. The lowest BCUT2D eigenvalue weighted by molar-refractivity contribution is 0.594. The number of rotatable bonds is 3. The third kappa shape index (κ3) is 2.94. The molecule has 3 nitrogen and oxygen atoms in total. The highest BCUT2D eigenvalue weighted by Gasteiger charge is 2.12. The molecule has 0 aliphatic carbocycles. The van der Waals surface area contributed by atoms with Crippen molar-refractivity contribution in [2.75, 3.05) is 6.26 Å². The van der Waals surface area contributed by atoms with Gasteiger partial charge in [-0.1, -0.05) is 23.6 Å². The standard InChI is InChI=1S/C9H13NO2S2/c1-8-4-6-9(7-5-8)14(11,12)10-13(2)3/h4-7,10H,2H2,1,3H3. The fourth-order valence-corrected chi connectivity index (χ4v) is 3.33. The predicted octanol–water partition coefficient (Wildman–Crippen LogP) is 1.52. The molecule has 1 N–H and O–H groups in total. The summed E-state index contributed by atoms with van der Waals surface area (Å²) in [7, 11) is -3.96. The second-order valence-electron chi connectivity index (χ2n) is 3.04. The predicted molar refractivity (Wildman–Crippen MR) is 62.1 cm³/mol. The van der Waals surface area contributed by atoms with Gasteiger partial charge in [-0.3, -0.25) is 0 Å². The summed E-state index contributed by atoms with van der Waals surface area (Å²) in [6.07, 6.45) is 1.71. The molecule has 0 aliphatic rings. The second-order valence-corrected chi connectivity index (χ2v) is 6.46. The van der Waals surface area contributed by atoms with Gasteiger partial charge in [0.25, 0.3) is 0 Å². The molecule has 14 heavy (non-hydrogen) atoms. The molecule has 1 aromatic carbocycles. The Morgan fingerprint density at radius 2 is 1.79 bits per heavy atom. The van der Waals surface area contributed by atoms with Crippen LogP contribution in [0.1, 0.15) is 5.56 Å². The van der Waals surface area contributed by atoms with Crippen LogP contribution < -0.4 is 4.13 Å². The van der Waals surface area contributed by atoms with Gasteiger partial charge in [-0.15, -0.1) is 10.7 Å². The first-order valence-corrected chi connectivity index (χ1v) is 7.25. The lowest BCUT2D eigenvalue weighted by Gasteiger charge is -2.06. The van der Waals surface area contributed by atoms with E-state index in [0.29, 0.717) is 0 Å². The smallest absolute Gasteiger partial charge is 0.206 e. The zero-order chi connectivity index (χ0) is 10.8. The molecular formula is C9H13NO2S2. The number of benzene rings is 1. The first kappa shape index (κ1) is 11.4. The number of aryl methyl sites for hydroxylation is 1. The van der Waals surface area contributed by atoms with E-state index in [1.54, 1.807) is 30.5 Å². The molecule has 0 radical (unpaired) electrons. The minimum Gasteiger partial charge on any atom is -0.206 e. The van der Waals surface area contributed by atoms with Crippen LogP contribution in [0.3, 0.4) is 0 Å². The van der Waals surface area contributed by atoms with Crippen LogP contribution in [0.25, 0.3) is 0 Å². The number of nitrogens with one attached hydrogen (secondary N) is 1. The van der Waals surface area contributed by atoms with Gasteiger partial charge in [-0.05, 0) is 25.3 Å². The fourth-order valence-electron chi connectivity index (χ4n) is 0.953. The van der Waals surface area contributed by atoms with Gasteiger partial charge in [0.15, 0.2) is 0 Å². The summed E-state index contributed by atoms with van der Waals surface area (Å²) in [5, 5.41) is 0. The van der Waals surface area contributed by atoms with Crippen LogP contribution >= 0.6 is 10.7 Å². The van der Waals surface area contributed by atoms with Gasteiger partial charge >= 0.3 is 0 Å². The molecule has 0 heterocycles. The molecular weight excluding hydrogens is 218 g/mol. The Hall–Kier alpha value is -0.650. The van der Waals surface area contributed by atoms with Crippen molar-refractivity contribution in [2.45, 2.75) is 11.8 Å². The maximum absolute atomic E-state index is 11.6. The SMILES string of the molecule is C=S(C)NS(=O)(=O)c1ccc(C)cc1. The van der Waals surface area contributed by atoms with Gasteiger partial charge in [0.2, 0.25) is 10.0 Å². The van der Waals surface area contributed by atoms with Crippen LogP contribution in [0.4, 0.5) is 0 Å². The summed E-state index contributed by atoms with van der Waals surface area (Å²) in [5.41, 5.74) is 1.04. The van der Waals surface area contributed by atoms with Gasteiger partial charge in [0.05, 0.1) is 4.90 Å². The van der Waals surface area contributed by atoms with Crippen molar-refractivity contribution in [1.82, 2.24) is 4.13 Å². The van der Waals surface area contributed by atoms with E-state index in [-0.39, 0.29) is 4.90 Å². The number of sulfonamides is 1. The summed E-state index contributed by atoms with van der Waals surface area (Å²) in [4.78, 5) is 0.283. The van der Waals surface area contributed by atoms with Gasteiger partial charge in [-0.2, -0.15) is 4.13 Å². The molecule has 0 amide bonds. The molecule has 0 spiro atoms. The van der Waals surface area contributed by atoms with Crippen molar-refractivity contribution >= 4 is 26.6 Å². The van der Waals surface area contributed by atoms with E-state index < -0.39 is 20.7 Å². The van der Waals surface area contributed by atoms with Crippen LogP contribution in [-0.4, -0.2) is 20.5 Å². The van der Waals surface area contributed by atoms with E-state index in [0.717, 1.165) is 5.56 Å². The Bertz CT molecular complexity index is 434. The molecule has 1 rings (SSSR count). The molecule has 1 aromatic rings. The van der Waals surface area contributed by atoms with Crippen molar-refractivity contribution in [3.8, 4) is 0 Å². The molecule has 0 aromatic heterocycles. The monoisotopic (exact) mass is 231 g/mol. The van der Waals surface area contributed by atoms with Crippen molar-refractivity contribution in [1.29, 1.82) is 0 Å². The lowest BCUT2D eigenvalue weighted by Crippen LogP contribution is -2.17. The molecule has 0 saturated carbocycles. The Labute approximate surface area is 87.3 Å². The first-order chi connectivity index (χ1) is 6.42. The number of hydrogen-bond acceptors (Lipinski definition) is 2. The average Bonchev–Trinajstić information content (AvgIpc) is 2.02. The molecule has 78 valence electrons. The summed E-state index contributed by atoms with van der Waals surface area (Å²) >= 11 is 0. The van der Waals surface area contributed by atoms with E-state index >= 15 is 0 Å². The summed E-state index contributed by atoms with van der Waals surface area (Å²) < 4.78 is 25.7. The Kier molecular flexibility index (Phi) is 3.47. The Morgan fingerprint density at radius 1 is 1.29 bits per heavy atom.